The number of benzene rings is 2. The predicted molar refractivity (Wildman–Crippen MR) is 123 cm³/mol. The summed E-state index contributed by atoms with van der Waals surface area (Å²) in [6.07, 6.45) is 2.86. The van der Waals surface area contributed by atoms with Crippen molar-refractivity contribution < 1.29 is 9.18 Å². The van der Waals surface area contributed by atoms with Crippen molar-refractivity contribution in [2.45, 2.75) is 25.3 Å². The Balaban J connectivity index is 1.78. The zero-order chi connectivity index (χ0) is 22.1. The number of hydrogen-bond acceptors (Lipinski definition) is 2. The highest BCUT2D eigenvalue weighted by Gasteiger charge is 2.25. The molecule has 1 N–H and O–H groups in total. The summed E-state index contributed by atoms with van der Waals surface area (Å²) < 4.78 is 15.0. The zero-order valence-electron chi connectivity index (χ0n) is 16.6. The van der Waals surface area contributed by atoms with Crippen LogP contribution in [0.25, 0.3) is 22.5 Å². The Hall–Kier alpha value is -2.34. The van der Waals surface area contributed by atoms with Crippen LogP contribution in [0.1, 0.15) is 29.9 Å². The highest BCUT2D eigenvalue weighted by molar-refractivity contribution is 6.36. The van der Waals surface area contributed by atoms with Gasteiger partial charge in [-0.05, 0) is 43.2 Å². The molecule has 4 nitrogen and oxygen atoms in total. The first-order chi connectivity index (χ1) is 14.8. The van der Waals surface area contributed by atoms with Gasteiger partial charge < -0.3 is 9.88 Å². The van der Waals surface area contributed by atoms with E-state index >= 15 is 0 Å². The SMILES string of the molecule is Cn1c(C(=O)NC2CC=C(F)CC2)nc(-c2ccc(Cl)cc2Cl)c1-c1ccc(Cl)cc1. The van der Waals surface area contributed by atoms with Crippen LogP contribution in [0.3, 0.4) is 0 Å². The van der Waals surface area contributed by atoms with Crippen LogP contribution in [0.15, 0.2) is 54.4 Å². The Bertz CT molecular complexity index is 1170. The Morgan fingerprint density at radius 3 is 2.48 bits per heavy atom. The first-order valence-corrected chi connectivity index (χ1v) is 10.9. The molecule has 1 aliphatic carbocycles. The van der Waals surface area contributed by atoms with E-state index in [1.165, 1.54) is 6.08 Å². The summed E-state index contributed by atoms with van der Waals surface area (Å²) in [5, 5.41) is 4.51. The molecule has 31 heavy (non-hydrogen) atoms. The van der Waals surface area contributed by atoms with E-state index in [2.05, 4.69) is 10.3 Å². The van der Waals surface area contributed by atoms with E-state index in [1.54, 1.807) is 41.9 Å². The molecule has 4 rings (SSSR count). The highest BCUT2D eigenvalue weighted by atomic mass is 35.5. The largest absolute Gasteiger partial charge is 0.346 e. The van der Waals surface area contributed by atoms with Gasteiger partial charge in [0.15, 0.2) is 5.82 Å². The van der Waals surface area contributed by atoms with E-state index in [0.717, 1.165) is 11.3 Å². The summed E-state index contributed by atoms with van der Waals surface area (Å²) in [5.74, 6) is -0.220. The van der Waals surface area contributed by atoms with E-state index < -0.39 is 0 Å². The number of imidazole rings is 1. The summed E-state index contributed by atoms with van der Waals surface area (Å²) in [4.78, 5) is 17.7. The van der Waals surface area contributed by atoms with Gasteiger partial charge in [0.25, 0.3) is 5.91 Å². The average Bonchev–Trinajstić information content (AvgIpc) is 3.07. The zero-order valence-corrected chi connectivity index (χ0v) is 18.9. The number of allylic oxidation sites excluding steroid dienone is 1. The van der Waals surface area contributed by atoms with E-state index in [-0.39, 0.29) is 23.6 Å². The lowest BCUT2D eigenvalue weighted by atomic mass is 10.0. The molecule has 0 radical (unpaired) electrons. The number of nitrogens with zero attached hydrogens (tertiary/aromatic N) is 2. The molecule has 0 fully saturated rings. The minimum Gasteiger partial charge on any atom is -0.346 e. The normalized spacial score (nSPS) is 16.2. The summed E-state index contributed by atoms with van der Waals surface area (Å²) in [6.45, 7) is 0. The maximum absolute atomic E-state index is 13.3. The number of hydrogen-bond donors (Lipinski definition) is 1. The summed E-state index contributed by atoms with van der Waals surface area (Å²) in [6, 6.07) is 12.3. The minimum absolute atomic E-state index is 0.132. The fraction of sp³-hybridized carbons (Fsp3) is 0.217. The molecule has 0 saturated carbocycles. The maximum Gasteiger partial charge on any atom is 0.287 e. The molecule has 0 saturated heterocycles. The van der Waals surface area contributed by atoms with Gasteiger partial charge in [-0.2, -0.15) is 0 Å². The van der Waals surface area contributed by atoms with Crippen LogP contribution in [-0.2, 0) is 7.05 Å². The van der Waals surface area contributed by atoms with Crippen molar-refractivity contribution in [3.8, 4) is 22.5 Å². The number of nitrogens with one attached hydrogen (secondary N) is 1. The van der Waals surface area contributed by atoms with Gasteiger partial charge in [0.2, 0.25) is 0 Å². The molecule has 3 aromatic rings. The number of rotatable bonds is 4. The predicted octanol–water partition coefficient (Wildman–Crippen LogP) is 6.85. The fourth-order valence-corrected chi connectivity index (χ4v) is 4.32. The molecular formula is C23H19Cl3FN3O. The molecule has 0 spiro atoms. The van der Waals surface area contributed by atoms with Crippen molar-refractivity contribution in [3.05, 3.63) is 75.3 Å². The van der Waals surface area contributed by atoms with Gasteiger partial charge in [-0.1, -0.05) is 53.0 Å². The van der Waals surface area contributed by atoms with E-state index in [9.17, 15) is 9.18 Å². The monoisotopic (exact) mass is 477 g/mol. The van der Waals surface area contributed by atoms with Crippen molar-refractivity contribution >= 4 is 40.7 Å². The highest BCUT2D eigenvalue weighted by Crippen LogP contribution is 2.37. The van der Waals surface area contributed by atoms with E-state index in [0.29, 0.717) is 45.6 Å². The van der Waals surface area contributed by atoms with Gasteiger partial charge in [0, 0.05) is 40.7 Å². The molecule has 1 aromatic heterocycles. The van der Waals surface area contributed by atoms with Gasteiger partial charge >= 0.3 is 0 Å². The second kappa shape index (κ2) is 9.03. The quantitative estimate of drug-likeness (QED) is 0.446. The lowest BCUT2D eigenvalue weighted by molar-refractivity contribution is 0.0920. The van der Waals surface area contributed by atoms with E-state index in [4.69, 9.17) is 34.8 Å². The third kappa shape index (κ3) is 4.64. The second-order valence-electron chi connectivity index (χ2n) is 7.42. The van der Waals surface area contributed by atoms with Crippen LogP contribution in [0.2, 0.25) is 15.1 Å². The molecule has 0 aliphatic heterocycles. The number of carbonyl (C=O) groups excluding carboxylic acids is 1. The number of amides is 1. The number of aromatic nitrogens is 2. The third-order valence-corrected chi connectivity index (χ3v) is 6.09. The van der Waals surface area contributed by atoms with Crippen LogP contribution < -0.4 is 5.32 Å². The molecule has 8 heteroatoms. The second-order valence-corrected chi connectivity index (χ2v) is 8.70. The molecule has 1 amide bonds. The molecular weight excluding hydrogens is 460 g/mol. The molecule has 1 atom stereocenters. The Morgan fingerprint density at radius 2 is 1.84 bits per heavy atom. The standard InChI is InChI=1S/C23H19Cl3FN3O/c1-30-21(13-2-4-14(24)5-3-13)20(18-11-6-15(25)12-19(18)26)29-22(30)23(31)28-17-9-7-16(27)8-10-17/h2-7,11-12,17H,8-10H2,1H3,(H,28,31). The topological polar surface area (TPSA) is 46.9 Å². The lowest BCUT2D eigenvalue weighted by Crippen LogP contribution is -2.37. The first kappa shape index (κ1) is 21.9. The van der Waals surface area contributed by atoms with Crippen molar-refractivity contribution in [1.82, 2.24) is 14.9 Å². The van der Waals surface area contributed by atoms with Crippen LogP contribution in [0.4, 0.5) is 4.39 Å². The maximum atomic E-state index is 13.3. The van der Waals surface area contributed by atoms with Crippen LogP contribution in [0.5, 0.6) is 0 Å². The van der Waals surface area contributed by atoms with Crippen LogP contribution in [-0.4, -0.2) is 21.5 Å². The van der Waals surface area contributed by atoms with Gasteiger partial charge in [-0.3, -0.25) is 4.79 Å². The smallest absolute Gasteiger partial charge is 0.287 e. The van der Waals surface area contributed by atoms with E-state index in [1.807, 2.05) is 12.1 Å². The molecule has 1 unspecified atom stereocenters. The average molecular weight is 479 g/mol. The molecule has 1 aliphatic rings. The van der Waals surface area contributed by atoms with Crippen LogP contribution >= 0.6 is 34.8 Å². The molecule has 160 valence electrons. The van der Waals surface area contributed by atoms with Gasteiger partial charge in [0.1, 0.15) is 0 Å². The number of halogens is 4. The van der Waals surface area contributed by atoms with Crippen LogP contribution in [0, 0.1) is 0 Å². The van der Waals surface area contributed by atoms with Crippen molar-refractivity contribution in [2.75, 3.05) is 0 Å². The summed E-state index contributed by atoms with van der Waals surface area (Å²) in [5.41, 5.74) is 2.78. The molecule has 2 aromatic carbocycles. The van der Waals surface area contributed by atoms with Gasteiger partial charge in [0.05, 0.1) is 22.2 Å². The lowest BCUT2D eigenvalue weighted by Gasteiger charge is -2.20. The molecule has 1 heterocycles. The summed E-state index contributed by atoms with van der Waals surface area (Å²) >= 11 is 18.6. The van der Waals surface area contributed by atoms with Crippen molar-refractivity contribution in [1.29, 1.82) is 0 Å². The first-order valence-electron chi connectivity index (χ1n) is 9.77. The third-order valence-electron chi connectivity index (χ3n) is 5.29. The van der Waals surface area contributed by atoms with Gasteiger partial charge in [-0.15, -0.1) is 0 Å². The van der Waals surface area contributed by atoms with Crippen molar-refractivity contribution in [3.63, 3.8) is 0 Å². The van der Waals surface area contributed by atoms with Crippen molar-refractivity contribution in [2.24, 2.45) is 7.05 Å². The Labute approximate surface area is 194 Å². The summed E-state index contributed by atoms with van der Waals surface area (Å²) in [7, 11) is 1.78. The Morgan fingerprint density at radius 1 is 1.13 bits per heavy atom. The number of carbonyl (C=O) groups is 1. The van der Waals surface area contributed by atoms with Gasteiger partial charge in [-0.25, -0.2) is 9.37 Å². The minimum atomic E-state index is -0.324. The fourth-order valence-electron chi connectivity index (χ4n) is 3.69. The molecule has 0 bridgehead atoms. The Kier molecular flexibility index (Phi) is 6.37.